The lowest BCUT2D eigenvalue weighted by atomic mass is 9.83. The quantitative estimate of drug-likeness (QED) is 0.577. The van der Waals surface area contributed by atoms with Crippen molar-refractivity contribution in [2.45, 2.75) is 64.6 Å². The van der Waals surface area contributed by atoms with Gasteiger partial charge in [0.15, 0.2) is 0 Å². The molecule has 0 aromatic rings. The van der Waals surface area contributed by atoms with Crippen molar-refractivity contribution in [1.29, 1.82) is 0 Å². The zero-order chi connectivity index (χ0) is 15.6. The van der Waals surface area contributed by atoms with Crippen LogP contribution in [-0.4, -0.2) is 23.6 Å². The predicted octanol–water partition coefficient (Wildman–Crippen LogP) is 3.25. The van der Waals surface area contributed by atoms with E-state index in [2.05, 4.69) is 6.58 Å². The molecule has 0 radical (unpaired) electrons. The van der Waals surface area contributed by atoms with Gasteiger partial charge in [0.25, 0.3) is 0 Å². The second kappa shape index (κ2) is 6.20. The molecule has 4 unspecified atom stereocenters. The Kier molecular flexibility index (Phi) is 4.74. The molecule has 2 fully saturated rings. The van der Waals surface area contributed by atoms with E-state index >= 15 is 0 Å². The summed E-state index contributed by atoms with van der Waals surface area (Å²) in [5, 5.41) is 0. The van der Waals surface area contributed by atoms with Gasteiger partial charge >= 0.3 is 11.9 Å². The normalized spacial score (nSPS) is 29.0. The predicted molar refractivity (Wildman–Crippen MR) is 79.5 cm³/mol. The van der Waals surface area contributed by atoms with Crippen molar-refractivity contribution in [1.82, 2.24) is 0 Å². The van der Waals surface area contributed by atoms with Gasteiger partial charge < -0.3 is 9.47 Å². The molecule has 118 valence electrons. The van der Waals surface area contributed by atoms with Crippen molar-refractivity contribution in [2.75, 3.05) is 0 Å². The van der Waals surface area contributed by atoms with Crippen LogP contribution in [0.5, 0.6) is 0 Å². The monoisotopic (exact) mass is 294 g/mol. The fourth-order valence-corrected chi connectivity index (χ4v) is 3.77. The molecule has 2 aliphatic rings. The second-order valence-corrected chi connectivity index (χ2v) is 7.31. The van der Waals surface area contributed by atoms with Gasteiger partial charge in [0.05, 0.1) is 6.42 Å². The number of carbonyl (C=O) groups is 2. The van der Waals surface area contributed by atoms with E-state index in [4.69, 9.17) is 9.47 Å². The molecule has 0 heterocycles. The van der Waals surface area contributed by atoms with Crippen LogP contribution >= 0.6 is 0 Å². The molecule has 4 atom stereocenters. The molecular formula is C17H26O4. The highest BCUT2D eigenvalue weighted by molar-refractivity contribution is 5.81. The van der Waals surface area contributed by atoms with Crippen molar-refractivity contribution in [3.05, 3.63) is 12.7 Å². The van der Waals surface area contributed by atoms with Gasteiger partial charge in [0.2, 0.25) is 0 Å². The molecule has 0 aromatic heterocycles. The summed E-state index contributed by atoms with van der Waals surface area (Å²) < 4.78 is 10.8. The first kappa shape index (κ1) is 16.1. The van der Waals surface area contributed by atoms with Gasteiger partial charge in [-0.25, -0.2) is 4.79 Å². The van der Waals surface area contributed by atoms with Crippen LogP contribution in [0.4, 0.5) is 0 Å². The Hall–Kier alpha value is -1.32. The van der Waals surface area contributed by atoms with E-state index in [1.807, 2.05) is 20.8 Å². The molecule has 21 heavy (non-hydrogen) atoms. The molecule has 2 saturated carbocycles. The maximum Gasteiger partial charge on any atom is 0.330 e. The van der Waals surface area contributed by atoms with Crippen LogP contribution in [0.15, 0.2) is 12.7 Å². The van der Waals surface area contributed by atoms with E-state index in [9.17, 15) is 9.59 Å². The molecule has 2 aliphatic carbocycles. The summed E-state index contributed by atoms with van der Waals surface area (Å²) in [6, 6.07) is 0. The molecule has 4 nitrogen and oxygen atoms in total. The molecular weight excluding hydrogens is 268 g/mol. The lowest BCUT2D eigenvalue weighted by molar-refractivity contribution is -0.162. The van der Waals surface area contributed by atoms with Crippen molar-refractivity contribution in [3.63, 3.8) is 0 Å². The van der Waals surface area contributed by atoms with Gasteiger partial charge in [0.1, 0.15) is 11.7 Å². The van der Waals surface area contributed by atoms with Gasteiger partial charge in [-0.15, -0.1) is 0 Å². The summed E-state index contributed by atoms with van der Waals surface area (Å²) in [4.78, 5) is 23.6. The van der Waals surface area contributed by atoms with Gasteiger partial charge in [-0.1, -0.05) is 13.0 Å². The molecule has 0 N–H and O–H groups in total. The van der Waals surface area contributed by atoms with Crippen molar-refractivity contribution >= 4 is 11.9 Å². The van der Waals surface area contributed by atoms with Gasteiger partial charge in [-0.3, -0.25) is 4.79 Å². The topological polar surface area (TPSA) is 52.6 Å². The Bertz CT molecular complexity index is 421. The molecule has 0 aliphatic heterocycles. The first-order chi connectivity index (χ1) is 9.78. The Morgan fingerprint density at radius 1 is 1.29 bits per heavy atom. The summed E-state index contributed by atoms with van der Waals surface area (Å²) in [6.45, 7) is 8.96. The Morgan fingerprint density at radius 2 is 2.00 bits per heavy atom. The van der Waals surface area contributed by atoms with E-state index in [1.165, 1.54) is 19.3 Å². The maximum absolute atomic E-state index is 12.1. The maximum atomic E-state index is 12.1. The van der Waals surface area contributed by atoms with E-state index in [1.54, 1.807) is 0 Å². The summed E-state index contributed by atoms with van der Waals surface area (Å²) in [5.74, 6) is 0.863. The Labute approximate surface area is 126 Å². The number of carbonyl (C=O) groups excluding carboxylic acids is 2. The third kappa shape index (κ3) is 4.32. The molecule has 0 saturated heterocycles. The number of hydrogen-bond acceptors (Lipinski definition) is 4. The Balaban J connectivity index is 2.00. The smallest absolute Gasteiger partial charge is 0.330 e. The zero-order valence-corrected chi connectivity index (χ0v) is 13.3. The van der Waals surface area contributed by atoms with Crippen molar-refractivity contribution in [2.24, 2.45) is 17.8 Å². The van der Waals surface area contributed by atoms with Gasteiger partial charge in [0, 0.05) is 6.08 Å². The van der Waals surface area contributed by atoms with E-state index < -0.39 is 11.6 Å². The number of esters is 2. The van der Waals surface area contributed by atoms with E-state index in [0.717, 1.165) is 18.4 Å². The average molecular weight is 294 g/mol. The largest absolute Gasteiger partial charge is 0.460 e. The number of ether oxygens (including phenoxy) is 2. The molecule has 0 amide bonds. The molecule has 4 heteroatoms. The SMILES string of the molecule is C=CC(=O)OC(CC(=O)OC(C)(C)C)C1CC2CCC1C2. The lowest BCUT2D eigenvalue weighted by Crippen LogP contribution is -2.34. The van der Waals surface area contributed by atoms with Crippen LogP contribution in [0.3, 0.4) is 0 Å². The number of fused-ring (bicyclic) bond motifs is 2. The number of hydrogen-bond donors (Lipinski definition) is 0. The summed E-state index contributed by atoms with van der Waals surface area (Å²) in [7, 11) is 0. The molecule has 2 bridgehead atoms. The van der Waals surface area contributed by atoms with Crippen LogP contribution in [0.1, 0.15) is 52.9 Å². The van der Waals surface area contributed by atoms with Gasteiger partial charge in [-0.05, 0) is 57.8 Å². The fraction of sp³-hybridized carbons (Fsp3) is 0.765. The van der Waals surface area contributed by atoms with Crippen LogP contribution < -0.4 is 0 Å². The summed E-state index contributed by atoms with van der Waals surface area (Å²) >= 11 is 0. The standard InChI is InChI=1S/C17H26O4/c1-5-15(18)20-14(10-16(19)21-17(2,3)4)13-9-11-6-7-12(13)8-11/h5,11-14H,1,6-10H2,2-4H3. The highest BCUT2D eigenvalue weighted by Crippen LogP contribution is 2.50. The van der Waals surface area contributed by atoms with Crippen molar-refractivity contribution in [3.8, 4) is 0 Å². The minimum atomic E-state index is -0.515. The van der Waals surface area contributed by atoms with E-state index in [0.29, 0.717) is 11.8 Å². The average Bonchev–Trinajstić information content (AvgIpc) is 2.97. The van der Waals surface area contributed by atoms with Crippen LogP contribution in [-0.2, 0) is 19.1 Å². The third-order valence-corrected chi connectivity index (χ3v) is 4.49. The summed E-state index contributed by atoms with van der Waals surface area (Å²) in [6.07, 6.45) is 5.66. The van der Waals surface area contributed by atoms with E-state index in [-0.39, 0.29) is 18.5 Å². The third-order valence-electron chi connectivity index (χ3n) is 4.49. The van der Waals surface area contributed by atoms with Crippen LogP contribution in [0.2, 0.25) is 0 Å². The highest BCUT2D eigenvalue weighted by atomic mass is 16.6. The van der Waals surface area contributed by atoms with Crippen LogP contribution in [0.25, 0.3) is 0 Å². The van der Waals surface area contributed by atoms with Crippen LogP contribution in [0, 0.1) is 17.8 Å². The Morgan fingerprint density at radius 3 is 2.48 bits per heavy atom. The van der Waals surface area contributed by atoms with Crippen molar-refractivity contribution < 1.29 is 19.1 Å². The highest BCUT2D eigenvalue weighted by Gasteiger charge is 2.45. The summed E-state index contributed by atoms with van der Waals surface area (Å²) in [5.41, 5.74) is -0.515. The first-order valence-electron chi connectivity index (χ1n) is 7.83. The lowest BCUT2D eigenvalue weighted by Gasteiger charge is -2.30. The second-order valence-electron chi connectivity index (χ2n) is 7.31. The minimum absolute atomic E-state index is 0.144. The molecule has 0 spiro atoms. The van der Waals surface area contributed by atoms with Gasteiger partial charge in [-0.2, -0.15) is 0 Å². The molecule has 0 aromatic carbocycles. The molecule has 2 rings (SSSR count). The zero-order valence-electron chi connectivity index (χ0n) is 13.3. The minimum Gasteiger partial charge on any atom is -0.460 e. The number of rotatable bonds is 5. The first-order valence-corrected chi connectivity index (χ1v) is 7.83. The fourth-order valence-electron chi connectivity index (χ4n) is 3.77.